The van der Waals surface area contributed by atoms with E-state index in [-0.39, 0.29) is 17.4 Å². The van der Waals surface area contributed by atoms with Crippen LogP contribution in [0.3, 0.4) is 0 Å². The van der Waals surface area contributed by atoms with Crippen LogP contribution >= 0.6 is 0 Å². The van der Waals surface area contributed by atoms with Gasteiger partial charge in [-0.2, -0.15) is 0 Å². The summed E-state index contributed by atoms with van der Waals surface area (Å²) < 4.78 is 16.7. The number of methoxy groups -OCH3 is 1. The number of ether oxygens (including phenoxy) is 3. The second-order valence-electron chi connectivity index (χ2n) is 8.71. The molecule has 1 fully saturated rings. The number of hydrogen-bond donors (Lipinski definition) is 1. The van der Waals surface area contributed by atoms with E-state index in [1.54, 1.807) is 19.2 Å². The Morgan fingerprint density at radius 1 is 1.18 bits per heavy atom. The van der Waals surface area contributed by atoms with Crippen LogP contribution in [0.4, 0.5) is 0 Å². The lowest BCUT2D eigenvalue weighted by molar-refractivity contribution is -0.140. The summed E-state index contributed by atoms with van der Waals surface area (Å²) >= 11 is 0. The summed E-state index contributed by atoms with van der Waals surface area (Å²) in [6, 6.07) is 12.0. The van der Waals surface area contributed by atoms with Crippen LogP contribution in [0, 0.1) is 0 Å². The highest BCUT2D eigenvalue weighted by Gasteiger charge is 2.46. The summed E-state index contributed by atoms with van der Waals surface area (Å²) in [6.07, 6.45) is 2.22. The van der Waals surface area contributed by atoms with Gasteiger partial charge in [-0.1, -0.05) is 19.1 Å². The van der Waals surface area contributed by atoms with Crippen molar-refractivity contribution in [2.75, 3.05) is 26.9 Å². The van der Waals surface area contributed by atoms with E-state index in [9.17, 15) is 14.7 Å². The second kappa shape index (κ2) is 10.3. The normalized spacial score (nSPS) is 21.0. The number of nitrogens with zero attached hydrogens (tertiary/aromatic N) is 1. The average molecular weight is 466 g/mol. The van der Waals surface area contributed by atoms with Crippen molar-refractivity contribution in [3.63, 3.8) is 0 Å². The number of ketones is 1. The van der Waals surface area contributed by atoms with Gasteiger partial charge in [0.2, 0.25) is 0 Å². The molecule has 7 nitrogen and oxygen atoms in total. The van der Waals surface area contributed by atoms with E-state index in [0.29, 0.717) is 43.1 Å². The Labute approximate surface area is 199 Å². The molecule has 0 unspecified atom stereocenters. The summed E-state index contributed by atoms with van der Waals surface area (Å²) in [7, 11) is 1.60. The minimum Gasteiger partial charge on any atom is -0.507 e. The lowest BCUT2D eigenvalue weighted by Gasteiger charge is -2.25. The van der Waals surface area contributed by atoms with Crippen LogP contribution in [0.1, 0.15) is 49.4 Å². The minimum atomic E-state index is -0.717. The van der Waals surface area contributed by atoms with E-state index < -0.39 is 17.7 Å². The standard InChI is InChI=1S/C27H31NO6/c1-4-12-33-21-8-5-7-18(16-21)24-23(26(30)27(31)28(24)11-6-13-32-3)25(29)19-9-10-22-20(15-19)14-17(2)34-22/h5,7-10,15-17,24,29H,4,6,11-14H2,1-3H3/b25-23+/t17-,24+/m0/s1. The zero-order chi connectivity index (χ0) is 24.2. The Morgan fingerprint density at radius 2 is 2.00 bits per heavy atom. The van der Waals surface area contributed by atoms with Crippen molar-refractivity contribution in [2.45, 2.75) is 45.3 Å². The highest BCUT2D eigenvalue weighted by molar-refractivity contribution is 6.46. The largest absolute Gasteiger partial charge is 0.507 e. The first-order valence-electron chi connectivity index (χ1n) is 11.7. The lowest BCUT2D eigenvalue weighted by Crippen LogP contribution is -2.31. The molecule has 2 aromatic rings. The number of carbonyl (C=O) groups is 2. The van der Waals surface area contributed by atoms with Gasteiger partial charge in [0.05, 0.1) is 18.2 Å². The average Bonchev–Trinajstić information content (AvgIpc) is 3.33. The number of benzene rings is 2. The molecule has 2 atom stereocenters. The predicted molar refractivity (Wildman–Crippen MR) is 128 cm³/mol. The topological polar surface area (TPSA) is 85.3 Å². The van der Waals surface area contributed by atoms with E-state index in [4.69, 9.17) is 14.2 Å². The number of likely N-dealkylation sites (tertiary alicyclic amines) is 1. The lowest BCUT2D eigenvalue weighted by atomic mass is 9.94. The maximum absolute atomic E-state index is 13.2. The van der Waals surface area contributed by atoms with Gasteiger partial charge in [-0.05, 0) is 61.2 Å². The SMILES string of the molecule is CCCOc1cccc([C@@H]2/C(=C(\O)c3ccc4c(c3)C[C@H](C)O4)C(=O)C(=O)N2CCCOC)c1. The van der Waals surface area contributed by atoms with Gasteiger partial charge in [0.25, 0.3) is 11.7 Å². The van der Waals surface area contributed by atoms with Gasteiger partial charge >= 0.3 is 0 Å². The zero-order valence-electron chi connectivity index (χ0n) is 19.9. The fraction of sp³-hybridized carbons (Fsp3) is 0.407. The number of carbonyl (C=O) groups excluding carboxylic acids is 2. The molecule has 1 amide bonds. The maximum Gasteiger partial charge on any atom is 0.295 e. The van der Waals surface area contributed by atoms with Gasteiger partial charge in [0.15, 0.2) is 0 Å². The van der Waals surface area contributed by atoms with Gasteiger partial charge in [-0.15, -0.1) is 0 Å². The predicted octanol–water partition coefficient (Wildman–Crippen LogP) is 4.26. The molecule has 0 radical (unpaired) electrons. The molecule has 1 N–H and O–H groups in total. The smallest absolute Gasteiger partial charge is 0.295 e. The van der Waals surface area contributed by atoms with Crippen LogP contribution in [-0.4, -0.2) is 54.7 Å². The molecule has 0 saturated carbocycles. The Kier molecular flexibility index (Phi) is 7.22. The molecule has 2 aliphatic heterocycles. The fourth-order valence-electron chi connectivity index (χ4n) is 4.56. The van der Waals surface area contributed by atoms with Gasteiger partial charge < -0.3 is 24.2 Å². The van der Waals surface area contributed by atoms with Crippen molar-refractivity contribution >= 4 is 17.4 Å². The molecule has 2 heterocycles. The number of rotatable bonds is 9. The van der Waals surface area contributed by atoms with Gasteiger partial charge in [-0.25, -0.2) is 0 Å². The Hall–Kier alpha value is -3.32. The van der Waals surface area contributed by atoms with E-state index in [1.807, 2.05) is 44.2 Å². The highest BCUT2D eigenvalue weighted by Crippen LogP contribution is 2.41. The summed E-state index contributed by atoms with van der Waals surface area (Å²) in [4.78, 5) is 27.8. The Balaban J connectivity index is 1.78. The summed E-state index contributed by atoms with van der Waals surface area (Å²) in [5.41, 5.74) is 2.26. The quantitative estimate of drug-likeness (QED) is 0.258. The molecule has 2 aliphatic rings. The number of aliphatic hydroxyl groups is 1. The molecule has 2 aromatic carbocycles. The molecule has 0 bridgehead atoms. The van der Waals surface area contributed by atoms with Crippen molar-refractivity contribution in [3.8, 4) is 11.5 Å². The molecule has 7 heteroatoms. The van der Waals surface area contributed by atoms with E-state index >= 15 is 0 Å². The maximum atomic E-state index is 13.2. The van der Waals surface area contributed by atoms with Gasteiger partial charge in [-0.3, -0.25) is 9.59 Å². The number of hydrogen-bond acceptors (Lipinski definition) is 6. The third kappa shape index (κ3) is 4.66. The van der Waals surface area contributed by atoms with Crippen molar-refractivity contribution < 1.29 is 28.9 Å². The van der Waals surface area contributed by atoms with Crippen molar-refractivity contribution in [3.05, 3.63) is 64.7 Å². The third-order valence-electron chi connectivity index (χ3n) is 6.10. The molecule has 0 aliphatic carbocycles. The zero-order valence-corrected chi connectivity index (χ0v) is 19.9. The number of aliphatic hydroxyl groups excluding tert-OH is 1. The molecular formula is C27H31NO6. The van der Waals surface area contributed by atoms with Crippen LogP contribution in [0.25, 0.3) is 5.76 Å². The van der Waals surface area contributed by atoms with Crippen LogP contribution in [0.15, 0.2) is 48.0 Å². The molecule has 34 heavy (non-hydrogen) atoms. The van der Waals surface area contributed by atoms with Crippen LogP contribution in [0.5, 0.6) is 11.5 Å². The highest BCUT2D eigenvalue weighted by atomic mass is 16.5. The van der Waals surface area contributed by atoms with Crippen LogP contribution in [-0.2, 0) is 20.7 Å². The van der Waals surface area contributed by atoms with Crippen molar-refractivity contribution in [1.29, 1.82) is 0 Å². The number of Topliss-reactive ketones (excluding diaryl/α,β-unsaturated/α-hetero) is 1. The summed E-state index contributed by atoms with van der Waals surface area (Å²) in [5.74, 6) is -0.0581. The fourth-order valence-corrected chi connectivity index (χ4v) is 4.56. The second-order valence-corrected chi connectivity index (χ2v) is 8.71. The van der Waals surface area contributed by atoms with Crippen molar-refractivity contribution in [1.82, 2.24) is 4.90 Å². The molecular weight excluding hydrogens is 434 g/mol. The first kappa shape index (κ1) is 23.8. The minimum absolute atomic E-state index is 0.0598. The van der Waals surface area contributed by atoms with E-state index in [2.05, 4.69) is 0 Å². The number of amides is 1. The van der Waals surface area contributed by atoms with E-state index in [1.165, 1.54) is 4.90 Å². The van der Waals surface area contributed by atoms with E-state index in [0.717, 1.165) is 24.2 Å². The monoisotopic (exact) mass is 465 g/mol. The molecule has 180 valence electrons. The first-order valence-corrected chi connectivity index (χ1v) is 11.7. The summed E-state index contributed by atoms with van der Waals surface area (Å²) in [6.45, 7) is 5.36. The third-order valence-corrected chi connectivity index (χ3v) is 6.10. The first-order chi connectivity index (χ1) is 16.4. The Bertz CT molecular complexity index is 1110. The molecule has 0 aromatic heterocycles. The molecule has 1 saturated heterocycles. The molecule has 4 rings (SSSR count). The van der Waals surface area contributed by atoms with Gasteiger partial charge in [0.1, 0.15) is 23.4 Å². The van der Waals surface area contributed by atoms with Crippen LogP contribution in [0.2, 0.25) is 0 Å². The number of fused-ring (bicyclic) bond motifs is 1. The Morgan fingerprint density at radius 3 is 2.76 bits per heavy atom. The van der Waals surface area contributed by atoms with Gasteiger partial charge in [0, 0.05) is 32.2 Å². The van der Waals surface area contributed by atoms with Crippen LogP contribution < -0.4 is 9.47 Å². The molecule has 0 spiro atoms. The van der Waals surface area contributed by atoms with Crippen molar-refractivity contribution in [2.24, 2.45) is 0 Å². The summed E-state index contributed by atoms with van der Waals surface area (Å²) in [5, 5.41) is 11.3.